The summed E-state index contributed by atoms with van der Waals surface area (Å²) in [5, 5.41) is 0. The van der Waals surface area contributed by atoms with Crippen LogP contribution in [0.15, 0.2) is 104 Å². The van der Waals surface area contributed by atoms with Crippen molar-refractivity contribution < 1.29 is 33.3 Å². The molecule has 0 spiro atoms. The molecule has 1 aliphatic heterocycles. The number of imidazole rings is 1. The average molecular weight is 580 g/mol. The Morgan fingerprint density at radius 3 is 1.84 bits per heavy atom. The minimum absolute atomic E-state index is 0.139. The molecule has 2 N–H and O–H groups in total. The molecule has 3 aromatic carbocycles. The van der Waals surface area contributed by atoms with Crippen LogP contribution in [0.3, 0.4) is 0 Å². The van der Waals surface area contributed by atoms with E-state index in [1.165, 1.54) is 17.2 Å². The van der Waals surface area contributed by atoms with Gasteiger partial charge in [-0.3, -0.25) is 4.57 Å². The SMILES string of the molecule is Nc1ncnc2c1ncn2[C@H]1O[C@@H](COC(=O)c2ccccc2)C(OC(=O)c2ccccc2)[C@H]1OC(=O)c1ccccc1. The van der Waals surface area contributed by atoms with E-state index >= 15 is 0 Å². The topological polar surface area (TPSA) is 158 Å². The molecule has 0 radical (unpaired) electrons. The Kier molecular flexibility index (Phi) is 7.74. The van der Waals surface area contributed by atoms with Gasteiger partial charge in [0.05, 0.1) is 23.0 Å². The smallest absolute Gasteiger partial charge is 0.338 e. The van der Waals surface area contributed by atoms with Crippen molar-refractivity contribution in [1.29, 1.82) is 0 Å². The molecule has 1 aliphatic rings. The maximum absolute atomic E-state index is 13.3. The van der Waals surface area contributed by atoms with E-state index in [0.29, 0.717) is 16.7 Å². The fourth-order valence-electron chi connectivity index (χ4n) is 4.74. The van der Waals surface area contributed by atoms with Crippen LogP contribution in [-0.2, 0) is 18.9 Å². The van der Waals surface area contributed by atoms with Crippen LogP contribution in [0.1, 0.15) is 37.3 Å². The zero-order valence-electron chi connectivity index (χ0n) is 22.6. The van der Waals surface area contributed by atoms with Gasteiger partial charge in [0.2, 0.25) is 0 Å². The van der Waals surface area contributed by atoms with Crippen LogP contribution in [0.25, 0.3) is 11.2 Å². The van der Waals surface area contributed by atoms with E-state index in [2.05, 4.69) is 15.0 Å². The fourth-order valence-corrected chi connectivity index (χ4v) is 4.74. The van der Waals surface area contributed by atoms with Crippen molar-refractivity contribution in [2.75, 3.05) is 12.3 Å². The molecular weight excluding hydrogens is 554 g/mol. The van der Waals surface area contributed by atoms with E-state index in [1.807, 2.05) is 0 Å². The number of esters is 3. The standard InChI is InChI=1S/C31H25N5O7/c32-26-23-27(34-17-33-26)36(18-35-23)28-25(43-31(39)21-14-8-3-9-15-21)24(42-30(38)20-12-6-2-7-13-20)22(41-28)16-40-29(37)19-10-4-1-5-11-19/h1-15,17-18,22,24-25,28H,16H2,(H2,32,33,34)/t22-,24?,25+,28-/m0/s1. The minimum atomic E-state index is -1.21. The maximum Gasteiger partial charge on any atom is 0.338 e. The van der Waals surface area contributed by atoms with Gasteiger partial charge in [0.1, 0.15) is 24.6 Å². The van der Waals surface area contributed by atoms with Crippen molar-refractivity contribution in [2.45, 2.75) is 24.5 Å². The van der Waals surface area contributed by atoms with Crippen LogP contribution in [0, 0.1) is 0 Å². The number of ether oxygens (including phenoxy) is 4. The van der Waals surface area contributed by atoms with Gasteiger partial charge in [0.15, 0.2) is 29.9 Å². The van der Waals surface area contributed by atoms with E-state index in [4.69, 9.17) is 24.7 Å². The molecule has 0 bridgehead atoms. The van der Waals surface area contributed by atoms with Gasteiger partial charge in [-0.1, -0.05) is 54.6 Å². The zero-order valence-corrected chi connectivity index (χ0v) is 22.6. The van der Waals surface area contributed by atoms with Crippen molar-refractivity contribution >= 4 is 34.9 Å². The van der Waals surface area contributed by atoms with E-state index in [-0.39, 0.29) is 23.6 Å². The van der Waals surface area contributed by atoms with Crippen molar-refractivity contribution in [1.82, 2.24) is 19.5 Å². The lowest BCUT2D eigenvalue weighted by molar-refractivity contribution is -0.0606. The Bertz CT molecular complexity index is 1750. The van der Waals surface area contributed by atoms with Crippen molar-refractivity contribution in [3.05, 3.63) is 120 Å². The van der Waals surface area contributed by atoms with Crippen molar-refractivity contribution in [2.24, 2.45) is 0 Å². The maximum atomic E-state index is 13.3. The number of nitrogen functional groups attached to an aromatic ring is 1. The summed E-state index contributed by atoms with van der Waals surface area (Å²) in [5.74, 6) is -1.83. The van der Waals surface area contributed by atoms with Gasteiger partial charge in [-0.05, 0) is 36.4 Å². The zero-order chi connectivity index (χ0) is 29.8. The Morgan fingerprint density at radius 2 is 1.26 bits per heavy atom. The first-order valence-electron chi connectivity index (χ1n) is 13.3. The number of hydrogen-bond acceptors (Lipinski definition) is 11. The van der Waals surface area contributed by atoms with Crippen LogP contribution < -0.4 is 5.73 Å². The first kappa shape index (κ1) is 27.5. The Morgan fingerprint density at radius 1 is 0.721 bits per heavy atom. The fraction of sp³-hybridized carbons (Fsp3) is 0.161. The molecule has 6 rings (SSSR count). The first-order chi connectivity index (χ1) is 21.0. The molecule has 0 saturated carbocycles. The molecule has 0 amide bonds. The predicted octanol–water partition coefficient (Wildman–Crippen LogP) is 3.61. The van der Waals surface area contributed by atoms with Gasteiger partial charge >= 0.3 is 17.9 Å². The molecule has 3 heterocycles. The summed E-state index contributed by atoms with van der Waals surface area (Å²) in [6.07, 6.45) is -1.88. The van der Waals surface area contributed by atoms with Crippen molar-refractivity contribution in [3.63, 3.8) is 0 Å². The molecule has 0 aliphatic carbocycles. The number of fused-ring (bicyclic) bond motifs is 1. The normalized spacial score (nSPS) is 19.5. The molecule has 43 heavy (non-hydrogen) atoms. The van der Waals surface area contributed by atoms with Gasteiger partial charge in [-0.2, -0.15) is 0 Å². The second kappa shape index (κ2) is 12.1. The number of nitrogens with zero attached hydrogens (tertiary/aromatic N) is 4. The molecule has 4 atom stereocenters. The Hall–Kier alpha value is -5.62. The molecule has 12 heteroatoms. The lowest BCUT2D eigenvalue weighted by atomic mass is 10.1. The van der Waals surface area contributed by atoms with Gasteiger partial charge in [-0.25, -0.2) is 29.3 Å². The summed E-state index contributed by atoms with van der Waals surface area (Å²) in [7, 11) is 0. The number of benzene rings is 3. The highest BCUT2D eigenvalue weighted by molar-refractivity contribution is 5.91. The first-order valence-corrected chi connectivity index (χ1v) is 13.3. The number of aromatic nitrogens is 4. The Balaban J connectivity index is 1.37. The lowest BCUT2D eigenvalue weighted by Crippen LogP contribution is -2.41. The second-order valence-corrected chi connectivity index (χ2v) is 9.58. The molecule has 12 nitrogen and oxygen atoms in total. The number of rotatable bonds is 8. The highest BCUT2D eigenvalue weighted by atomic mass is 16.7. The second-order valence-electron chi connectivity index (χ2n) is 9.58. The minimum Gasteiger partial charge on any atom is -0.459 e. The van der Waals surface area contributed by atoms with Gasteiger partial charge < -0.3 is 24.7 Å². The third-order valence-corrected chi connectivity index (χ3v) is 6.84. The predicted molar refractivity (Wildman–Crippen MR) is 152 cm³/mol. The average Bonchev–Trinajstić information content (AvgIpc) is 3.63. The molecular formula is C31H25N5O7. The van der Waals surface area contributed by atoms with Crippen LogP contribution in [0.4, 0.5) is 5.82 Å². The van der Waals surface area contributed by atoms with E-state index in [1.54, 1.807) is 91.0 Å². The molecule has 1 unspecified atom stereocenters. The van der Waals surface area contributed by atoms with Gasteiger partial charge in [-0.15, -0.1) is 0 Å². The largest absolute Gasteiger partial charge is 0.459 e. The summed E-state index contributed by atoms with van der Waals surface area (Å²) in [6, 6.07) is 25.1. The molecule has 216 valence electrons. The number of nitrogens with two attached hydrogens (primary N) is 1. The Labute approximate surface area is 245 Å². The monoisotopic (exact) mass is 579 g/mol. The van der Waals surface area contributed by atoms with E-state index in [0.717, 1.165) is 0 Å². The quantitative estimate of drug-likeness (QED) is 0.211. The van der Waals surface area contributed by atoms with E-state index in [9.17, 15) is 14.4 Å². The lowest BCUT2D eigenvalue weighted by Gasteiger charge is -2.25. The molecule has 5 aromatic rings. The van der Waals surface area contributed by atoms with Crippen LogP contribution in [0.5, 0.6) is 0 Å². The number of carbonyl (C=O) groups is 3. The molecule has 1 fully saturated rings. The van der Waals surface area contributed by atoms with Crippen LogP contribution >= 0.6 is 0 Å². The summed E-state index contributed by atoms with van der Waals surface area (Å²) < 4.78 is 25.3. The summed E-state index contributed by atoms with van der Waals surface area (Å²) in [5.41, 5.74) is 7.48. The molecule has 2 aromatic heterocycles. The third-order valence-electron chi connectivity index (χ3n) is 6.84. The van der Waals surface area contributed by atoms with Crippen LogP contribution in [0.2, 0.25) is 0 Å². The third kappa shape index (κ3) is 5.76. The summed E-state index contributed by atoms with van der Waals surface area (Å²) in [6.45, 7) is -0.319. The van der Waals surface area contributed by atoms with Gasteiger partial charge in [0.25, 0.3) is 0 Å². The number of carbonyl (C=O) groups excluding carboxylic acids is 3. The highest BCUT2D eigenvalue weighted by Gasteiger charge is 2.51. The summed E-state index contributed by atoms with van der Waals surface area (Å²) >= 11 is 0. The van der Waals surface area contributed by atoms with Crippen molar-refractivity contribution in [3.8, 4) is 0 Å². The number of hydrogen-bond donors (Lipinski definition) is 1. The highest BCUT2D eigenvalue weighted by Crippen LogP contribution is 2.37. The number of anilines is 1. The van der Waals surface area contributed by atoms with Gasteiger partial charge in [0, 0.05) is 0 Å². The van der Waals surface area contributed by atoms with E-state index < -0.39 is 42.4 Å². The molecule has 1 saturated heterocycles. The summed E-state index contributed by atoms with van der Waals surface area (Å²) in [4.78, 5) is 52.0. The van der Waals surface area contributed by atoms with Crippen LogP contribution in [-0.4, -0.2) is 62.3 Å².